The van der Waals surface area contributed by atoms with E-state index in [4.69, 9.17) is 9.72 Å². The third-order valence-corrected chi connectivity index (χ3v) is 9.03. The van der Waals surface area contributed by atoms with Gasteiger partial charge in [0.15, 0.2) is 5.13 Å². The lowest BCUT2D eigenvalue weighted by Crippen LogP contribution is -2.48. The van der Waals surface area contributed by atoms with Crippen LogP contribution in [0.25, 0.3) is 10.2 Å². The average molecular weight is 620 g/mol. The molecule has 0 saturated carbocycles. The number of aromatic nitrogens is 1. The van der Waals surface area contributed by atoms with Crippen molar-refractivity contribution in [2.24, 2.45) is 0 Å². The molecular weight excluding hydrogens is 589 g/mol. The lowest BCUT2D eigenvalue weighted by atomic mass is 10.1. The van der Waals surface area contributed by atoms with Crippen molar-refractivity contribution in [1.29, 1.82) is 0 Å². The van der Waals surface area contributed by atoms with Crippen molar-refractivity contribution >= 4 is 60.7 Å². The van der Waals surface area contributed by atoms with Crippen molar-refractivity contribution in [3.8, 4) is 5.75 Å². The van der Waals surface area contributed by atoms with Crippen LogP contribution in [-0.4, -0.2) is 70.1 Å². The van der Waals surface area contributed by atoms with Gasteiger partial charge in [-0.05, 0) is 55.5 Å². The van der Waals surface area contributed by atoms with Gasteiger partial charge < -0.3 is 15.0 Å². The Morgan fingerprint density at radius 3 is 2.49 bits per heavy atom. The van der Waals surface area contributed by atoms with E-state index in [0.29, 0.717) is 19.7 Å². The molecular formula is C28H31ClFN5O4S2. The fraction of sp³-hybridized carbons (Fsp3) is 0.286. The Morgan fingerprint density at radius 2 is 1.76 bits per heavy atom. The Labute approximate surface area is 248 Å². The second-order valence-corrected chi connectivity index (χ2v) is 11.9. The van der Waals surface area contributed by atoms with Gasteiger partial charge in [0.05, 0.1) is 27.5 Å². The van der Waals surface area contributed by atoms with Crippen LogP contribution in [0.1, 0.15) is 17.3 Å². The molecule has 1 aliphatic rings. The van der Waals surface area contributed by atoms with Crippen LogP contribution in [0.4, 0.5) is 15.2 Å². The van der Waals surface area contributed by atoms with Gasteiger partial charge in [-0.15, -0.1) is 12.4 Å². The maximum atomic E-state index is 13.2. The molecule has 3 aromatic carbocycles. The second-order valence-electron chi connectivity index (χ2n) is 9.22. The molecule has 1 fully saturated rings. The van der Waals surface area contributed by atoms with E-state index in [1.165, 1.54) is 18.2 Å². The number of fused-ring (bicyclic) bond motifs is 1. The zero-order valence-electron chi connectivity index (χ0n) is 22.4. The molecule has 0 radical (unpaired) electrons. The Hall–Kier alpha value is -3.45. The summed E-state index contributed by atoms with van der Waals surface area (Å²) in [5.41, 5.74) is 1.26. The predicted molar refractivity (Wildman–Crippen MR) is 163 cm³/mol. The van der Waals surface area contributed by atoms with Gasteiger partial charge in [0.2, 0.25) is 0 Å². The maximum Gasteiger partial charge on any atom is 0.261 e. The molecule has 4 aromatic rings. The highest BCUT2D eigenvalue weighted by Gasteiger charge is 2.22. The van der Waals surface area contributed by atoms with Gasteiger partial charge in [0.25, 0.3) is 15.9 Å². The van der Waals surface area contributed by atoms with Crippen molar-refractivity contribution in [3.05, 3.63) is 78.1 Å². The Balaban J connectivity index is 0.00000387. The first kappa shape index (κ1) is 30.5. The molecule has 0 unspecified atom stereocenters. The minimum atomic E-state index is -3.99. The average Bonchev–Trinajstić information content (AvgIpc) is 3.39. The second kappa shape index (κ2) is 13.5. The summed E-state index contributed by atoms with van der Waals surface area (Å²) in [6.45, 7) is 6.95. The van der Waals surface area contributed by atoms with Crippen LogP contribution in [0.2, 0.25) is 0 Å². The number of piperazine rings is 1. The molecule has 2 heterocycles. The molecule has 1 amide bonds. The molecule has 218 valence electrons. The van der Waals surface area contributed by atoms with Crippen molar-refractivity contribution in [3.63, 3.8) is 0 Å². The topological polar surface area (TPSA) is 104 Å². The third kappa shape index (κ3) is 7.25. The number of para-hydroxylation sites is 2. The Kier molecular flexibility index (Phi) is 10.0. The van der Waals surface area contributed by atoms with Crippen LogP contribution in [0.5, 0.6) is 5.75 Å². The summed E-state index contributed by atoms with van der Waals surface area (Å²) in [7, 11) is -3.99. The molecule has 0 bridgehead atoms. The molecule has 41 heavy (non-hydrogen) atoms. The lowest BCUT2D eigenvalue weighted by Gasteiger charge is -2.34. The molecule has 0 aliphatic carbocycles. The monoisotopic (exact) mass is 619 g/mol. The van der Waals surface area contributed by atoms with E-state index in [0.717, 1.165) is 59.4 Å². The van der Waals surface area contributed by atoms with Gasteiger partial charge in [-0.25, -0.2) is 17.8 Å². The van der Waals surface area contributed by atoms with Crippen LogP contribution in [-0.2, 0) is 10.0 Å². The fourth-order valence-electron chi connectivity index (χ4n) is 4.49. The first-order valence-corrected chi connectivity index (χ1v) is 15.3. The number of benzene rings is 3. The summed E-state index contributed by atoms with van der Waals surface area (Å²) >= 11 is 1.66. The molecule has 5 rings (SSSR count). The summed E-state index contributed by atoms with van der Waals surface area (Å²) in [6.07, 6.45) is 0. The fourth-order valence-corrected chi connectivity index (χ4v) is 6.61. The number of nitrogens with zero attached hydrogens (tertiary/aromatic N) is 3. The van der Waals surface area contributed by atoms with Crippen molar-refractivity contribution < 1.29 is 22.3 Å². The number of hydrogen-bond donors (Lipinski definition) is 2. The molecule has 2 N–H and O–H groups in total. The first-order valence-electron chi connectivity index (χ1n) is 13.0. The normalized spacial score (nSPS) is 14.0. The number of amides is 1. The largest absolute Gasteiger partial charge is 0.492 e. The molecule has 0 atom stereocenters. The van der Waals surface area contributed by atoms with Crippen LogP contribution in [0, 0.1) is 5.82 Å². The number of thiazole rings is 1. The summed E-state index contributed by atoms with van der Waals surface area (Å²) in [5, 5.41) is 3.88. The molecule has 1 aliphatic heterocycles. The number of hydrogen-bond acceptors (Lipinski definition) is 8. The standard InChI is InChI=1S/C28H30FN5O4S2.ClH/c1-2-38-24-8-5-9-25-26(24)31-28(39-25)34-18-16-33(17-19-34)15-14-30-27(35)22-6-3-4-7-23(22)32-40(36,37)21-12-10-20(29)11-13-21;/h3-13,32H,2,14-19H2,1H3,(H,30,35);1H. The smallest absolute Gasteiger partial charge is 0.261 e. The van der Waals surface area contributed by atoms with Gasteiger partial charge in [-0.1, -0.05) is 29.5 Å². The zero-order valence-corrected chi connectivity index (χ0v) is 24.8. The Bertz CT molecular complexity index is 1590. The summed E-state index contributed by atoms with van der Waals surface area (Å²) in [5.74, 6) is -0.106. The molecule has 0 spiro atoms. The van der Waals surface area contributed by atoms with Crippen molar-refractivity contribution in [1.82, 2.24) is 15.2 Å². The number of carbonyl (C=O) groups excluding carboxylic acids is 1. The predicted octanol–water partition coefficient (Wildman–Crippen LogP) is 4.61. The van der Waals surface area contributed by atoms with Gasteiger partial charge in [0, 0.05) is 39.3 Å². The van der Waals surface area contributed by atoms with E-state index in [-0.39, 0.29) is 34.5 Å². The number of anilines is 2. The molecule has 9 nitrogen and oxygen atoms in total. The molecule has 1 aromatic heterocycles. The number of ether oxygens (including phenoxy) is 1. The van der Waals surface area contributed by atoms with E-state index in [9.17, 15) is 17.6 Å². The van der Waals surface area contributed by atoms with Gasteiger partial charge in [-0.2, -0.15) is 0 Å². The summed E-state index contributed by atoms with van der Waals surface area (Å²) in [4.78, 5) is 22.2. The number of carbonyl (C=O) groups is 1. The van der Waals surface area contributed by atoms with Gasteiger partial charge in [0.1, 0.15) is 17.1 Å². The highest BCUT2D eigenvalue weighted by atomic mass is 35.5. The number of sulfonamides is 1. The summed E-state index contributed by atoms with van der Waals surface area (Å²) in [6, 6.07) is 16.9. The van der Waals surface area contributed by atoms with Crippen molar-refractivity contribution in [2.75, 3.05) is 55.5 Å². The van der Waals surface area contributed by atoms with E-state index in [2.05, 4.69) is 25.9 Å². The van der Waals surface area contributed by atoms with E-state index in [1.807, 2.05) is 19.1 Å². The third-order valence-electron chi connectivity index (χ3n) is 6.57. The Morgan fingerprint density at radius 1 is 1.02 bits per heavy atom. The lowest BCUT2D eigenvalue weighted by molar-refractivity contribution is 0.0948. The van der Waals surface area contributed by atoms with Crippen LogP contribution >= 0.6 is 23.7 Å². The van der Waals surface area contributed by atoms with E-state index in [1.54, 1.807) is 29.5 Å². The zero-order chi connectivity index (χ0) is 28.1. The molecule has 1 saturated heterocycles. The maximum absolute atomic E-state index is 13.2. The van der Waals surface area contributed by atoms with Crippen molar-refractivity contribution in [2.45, 2.75) is 11.8 Å². The summed E-state index contributed by atoms with van der Waals surface area (Å²) < 4.78 is 48.0. The number of halogens is 2. The minimum Gasteiger partial charge on any atom is -0.492 e. The highest BCUT2D eigenvalue weighted by molar-refractivity contribution is 7.92. The van der Waals surface area contributed by atoms with Crippen LogP contribution in [0.3, 0.4) is 0 Å². The van der Waals surface area contributed by atoms with Crippen LogP contribution in [0.15, 0.2) is 71.6 Å². The van der Waals surface area contributed by atoms with E-state index >= 15 is 0 Å². The van der Waals surface area contributed by atoms with E-state index < -0.39 is 15.8 Å². The number of rotatable bonds is 10. The quantitative estimate of drug-likeness (QED) is 0.267. The molecule has 13 heteroatoms. The highest BCUT2D eigenvalue weighted by Crippen LogP contribution is 2.34. The minimum absolute atomic E-state index is 0. The first-order chi connectivity index (χ1) is 19.3. The van der Waals surface area contributed by atoms with Gasteiger partial charge >= 0.3 is 0 Å². The van der Waals surface area contributed by atoms with Crippen LogP contribution < -0.4 is 19.7 Å². The SMILES string of the molecule is CCOc1cccc2sc(N3CCN(CCNC(=O)c4ccccc4NS(=O)(=O)c4ccc(F)cc4)CC3)nc12.Cl. The number of nitrogens with one attached hydrogen (secondary N) is 2. The van der Waals surface area contributed by atoms with Gasteiger partial charge in [-0.3, -0.25) is 14.4 Å².